The molecule has 0 bridgehead atoms. The SMILES string of the molecule is CC(C)(C)c1ccc(Nc2cc3c(cc2-c2ccc4c5cc6c(cc5n5c4c2[B]c2oc4ccc(C(C)(C)C)cc4c2-5)sc2ccccc26)-c2cc4c(cc2C3(C)C)C(C)(C)CCC4(C)C)cc1. The molecule has 1 radical (unpaired) electrons. The zero-order chi connectivity index (χ0) is 47.2. The first-order valence-electron chi connectivity index (χ1n) is 24.8. The Hall–Kier alpha value is -6.04. The maximum Gasteiger partial charge on any atom is 0.247 e. The van der Waals surface area contributed by atoms with Crippen LogP contribution in [0.3, 0.4) is 0 Å². The Morgan fingerprint density at radius 3 is 1.97 bits per heavy atom. The van der Waals surface area contributed by atoms with Gasteiger partial charge in [-0.05, 0) is 151 Å². The molecule has 0 atom stereocenters. The average molecular weight is 904 g/mol. The number of thiophene rings is 1. The summed E-state index contributed by atoms with van der Waals surface area (Å²) in [4.78, 5) is 0. The summed E-state index contributed by atoms with van der Waals surface area (Å²) in [5.41, 5.74) is 22.4. The molecule has 0 spiro atoms. The van der Waals surface area contributed by atoms with Gasteiger partial charge in [-0.2, -0.15) is 0 Å². The molecule has 68 heavy (non-hydrogen) atoms. The minimum atomic E-state index is -0.189. The minimum Gasteiger partial charge on any atom is -0.469 e. The van der Waals surface area contributed by atoms with Crippen molar-refractivity contribution in [3.63, 3.8) is 0 Å². The van der Waals surface area contributed by atoms with Crippen molar-refractivity contribution in [3.05, 3.63) is 149 Å². The molecular weight excluding hydrogens is 844 g/mol. The monoisotopic (exact) mass is 903 g/mol. The van der Waals surface area contributed by atoms with Crippen molar-refractivity contribution in [1.82, 2.24) is 4.57 Å². The van der Waals surface area contributed by atoms with Crippen molar-refractivity contribution in [1.29, 1.82) is 0 Å². The lowest BCUT2D eigenvalue weighted by Crippen LogP contribution is -2.36. The molecule has 337 valence electrons. The summed E-state index contributed by atoms with van der Waals surface area (Å²) in [6.07, 6.45) is 2.39. The molecule has 10 aromatic rings. The van der Waals surface area contributed by atoms with Gasteiger partial charge in [-0.1, -0.05) is 138 Å². The number of nitrogens with zero attached hydrogens (tertiary/aromatic N) is 1. The van der Waals surface area contributed by atoms with E-state index in [0.29, 0.717) is 0 Å². The van der Waals surface area contributed by atoms with E-state index in [2.05, 4.69) is 216 Å². The molecule has 5 heteroatoms. The van der Waals surface area contributed by atoms with Gasteiger partial charge in [0.1, 0.15) is 5.58 Å². The number of rotatable bonds is 3. The Morgan fingerprint density at radius 2 is 1.24 bits per heavy atom. The van der Waals surface area contributed by atoms with E-state index in [0.717, 1.165) is 33.7 Å². The van der Waals surface area contributed by atoms with Gasteiger partial charge in [0.15, 0.2) is 0 Å². The highest BCUT2D eigenvalue weighted by atomic mass is 32.1. The molecule has 7 aromatic carbocycles. The van der Waals surface area contributed by atoms with E-state index in [9.17, 15) is 0 Å². The third-order valence-electron chi connectivity index (χ3n) is 16.6. The largest absolute Gasteiger partial charge is 0.469 e. The Morgan fingerprint density at radius 1 is 0.559 bits per heavy atom. The van der Waals surface area contributed by atoms with Gasteiger partial charge in [-0.15, -0.1) is 11.3 Å². The fourth-order valence-corrected chi connectivity index (χ4v) is 13.5. The van der Waals surface area contributed by atoms with Crippen molar-refractivity contribution in [2.75, 3.05) is 5.32 Å². The van der Waals surface area contributed by atoms with Crippen LogP contribution in [-0.4, -0.2) is 11.8 Å². The van der Waals surface area contributed by atoms with Gasteiger partial charge in [0.25, 0.3) is 0 Å². The van der Waals surface area contributed by atoms with Crippen LogP contribution in [0.15, 0.2) is 120 Å². The highest BCUT2D eigenvalue weighted by Crippen LogP contribution is 2.56. The van der Waals surface area contributed by atoms with Crippen molar-refractivity contribution in [2.45, 2.75) is 123 Å². The molecule has 0 unspecified atom stereocenters. The van der Waals surface area contributed by atoms with Gasteiger partial charge < -0.3 is 14.3 Å². The molecule has 3 nitrogen and oxygen atoms in total. The van der Waals surface area contributed by atoms with Crippen molar-refractivity contribution < 1.29 is 4.42 Å². The maximum atomic E-state index is 7.00. The third-order valence-corrected chi connectivity index (χ3v) is 17.8. The fraction of sp³-hybridized carbons (Fsp3) is 0.302. The summed E-state index contributed by atoms with van der Waals surface area (Å²) in [6.45, 7) is 28.4. The van der Waals surface area contributed by atoms with Crippen LogP contribution in [0.2, 0.25) is 0 Å². The number of aromatic nitrogens is 1. The van der Waals surface area contributed by atoms with E-state index in [1.54, 1.807) is 0 Å². The topological polar surface area (TPSA) is 30.1 Å². The summed E-state index contributed by atoms with van der Waals surface area (Å²) in [7, 11) is 2.36. The molecule has 1 aliphatic heterocycles. The zero-order valence-corrected chi connectivity index (χ0v) is 42.5. The standard InChI is InChI=1S/C63H60BN2OS/c1-59(2,3)34-17-20-36(21-18-34)65-50-32-47-40(41-30-48-49(31-46(41)63(47,11)12)62(9,10)26-25-61(48,7)8)28-42(50)38-22-23-39-43-29-44-37-15-13-14-16-53(37)68-54(44)33-51(43)66-56(39)55(38)64-58-57(66)45-27-35(60(4,5)6)19-24-52(45)67-58/h13-24,27-33,65H,25-26H2,1-12H3. The van der Waals surface area contributed by atoms with Crippen molar-refractivity contribution in [3.8, 4) is 27.9 Å². The van der Waals surface area contributed by atoms with Gasteiger partial charge in [-0.25, -0.2) is 0 Å². The first-order chi connectivity index (χ1) is 32.2. The smallest absolute Gasteiger partial charge is 0.247 e. The van der Waals surface area contributed by atoms with Crippen LogP contribution in [0, 0.1) is 0 Å². The fourth-order valence-electron chi connectivity index (χ4n) is 12.4. The third kappa shape index (κ3) is 5.90. The lowest BCUT2D eigenvalue weighted by atomic mass is 9.62. The summed E-state index contributed by atoms with van der Waals surface area (Å²) in [6, 6.07) is 44.7. The highest BCUT2D eigenvalue weighted by Gasteiger charge is 2.43. The van der Waals surface area contributed by atoms with Crippen LogP contribution >= 0.6 is 11.3 Å². The second kappa shape index (κ2) is 13.6. The van der Waals surface area contributed by atoms with E-state index in [1.807, 2.05) is 11.3 Å². The first-order valence-corrected chi connectivity index (χ1v) is 25.6. The van der Waals surface area contributed by atoms with E-state index in [4.69, 9.17) is 4.42 Å². The molecular formula is C63H60BN2OS. The molecule has 1 N–H and O–H groups in total. The van der Waals surface area contributed by atoms with Crippen molar-refractivity contribution >= 4 is 94.1 Å². The number of hydrogen-bond donors (Lipinski definition) is 1. The molecule has 0 saturated heterocycles. The Bertz CT molecular complexity index is 3840. The molecule has 0 fully saturated rings. The predicted molar refractivity (Wildman–Crippen MR) is 294 cm³/mol. The van der Waals surface area contributed by atoms with Crippen LogP contribution in [0.5, 0.6) is 0 Å². The number of furan rings is 1. The van der Waals surface area contributed by atoms with E-state index in [-0.39, 0.29) is 27.1 Å². The minimum absolute atomic E-state index is 0.0123. The maximum absolute atomic E-state index is 7.00. The van der Waals surface area contributed by atoms with Crippen LogP contribution in [0.1, 0.15) is 129 Å². The highest BCUT2D eigenvalue weighted by molar-refractivity contribution is 7.25. The number of fused-ring (bicyclic) bond motifs is 14. The van der Waals surface area contributed by atoms with Gasteiger partial charge >= 0.3 is 0 Å². The molecule has 13 rings (SSSR count). The predicted octanol–water partition coefficient (Wildman–Crippen LogP) is 16.5. The van der Waals surface area contributed by atoms with Gasteiger partial charge in [0, 0.05) is 64.2 Å². The second-order valence-corrected chi connectivity index (χ2v) is 25.5. The van der Waals surface area contributed by atoms with Crippen LogP contribution in [0.25, 0.3) is 80.9 Å². The van der Waals surface area contributed by atoms with Crippen LogP contribution in [-0.2, 0) is 27.1 Å². The zero-order valence-electron chi connectivity index (χ0n) is 41.7. The Labute approximate surface area is 405 Å². The van der Waals surface area contributed by atoms with Crippen LogP contribution in [0.4, 0.5) is 11.4 Å². The Balaban J connectivity index is 1.11. The molecule has 2 aliphatic carbocycles. The molecule has 0 saturated carbocycles. The summed E-state index contributed by atoms with van der Waals surface area (Å²) in [5.74, 6) is 0. The molecule has 4 heterocycles. The lowest BCUT2D eigenvalue weighted by Gasteiger charge is -2.42. The summed E-state index contributed by atoms with van der Waals surface area (Å²) in [5, 5.41) is 10.4. The lowest BCUT2D eigenvalue weighted by molar-refractivity contribution is 0.331. The van der Waals surface area contributed by atoms with Gasteiger partial charge in [-0.3, -0.25) is 0 Å². The van der Waals surface area contributed by atoms with Crippen molar-refractivity contribution in [2.24, 2.45) is 0 Å². The van der Waals surface area contributed by atoms with E-state index < -0.39 is 0 Å². The van der Waals surface area contributed by atoms with Crippen LogP contribution < -0.4 is 16.4 Å². The van der Waals surface area contributed by atoms with Gasteiger partial charge in [0.05, 0.1) is 16.9 Å². The van der Waals surface area contributed by atoms with E-state index >= 15 is 0 Å². The summed E-state index contributed by atoms with van der Waals surface area (Å²) < 4.78 is 12.2. The number of hydrogen-bond acceptors (Lipinski definition) is 3. The average Bonchev–Trinajstić information content (AvgIpc) is 4.00. The second-order valence-electron chi connectivity index (χ2n) is 24.4. The van der Waals surface area contributed by atoms with Gasteiger partial charge in [0.2, 0.25) is 7.28 Å². The summed E-state index contributed by atoms with van der Waals surface area (Å²) >= 11 is 1.89. The Kier molecular flexibility index (Phi) is 8.42. The number of nitrogens with one attached hydrogen (secondary N) is 1. The van der Waals surface area contributed by atoms with E-state index in [1.165, 1.54) is 116 Å². The quantitative estimate of drug-likeness (QED) is 0.179. The normalized spacial score (nSPS) is 16.6. The number of anilines is 2. The number of benzene rings is 7. The molecule has 3 aromatic heterocycles. The first kappa shape index (κ1) is 42.1. The molecule has 3 aliphatic rings. The molecule has 0 amide bonds.